The molecule has 0 fully saturated rings. The van der Waals surface area contributed by atoms with E-state index >= 15 is 0 Å². The quantitative estimate of drug-likeness (QED) is 0.860. The first kappa shape index (κ1) is 15.9. The summed E-state index contributed by atoms with van der Waals surface area (Å²) in [5.41, 5.74) is 1.20. The fraction of sp³-hybridized carbons (Fsp3) is 0.188. The molecule has 6 heteroatoms. The summed E-state index contributed by atoms with van der Waals surface area (Å²) in [6.07, 6.45) is 0.181. The summed E-state index contributed by atoms with van der Waals surface area (Å²) in [5, 5.41) is 5.52. The van der Waals surface area contributed by atoms with Crippen LogP contribution >= 0.6 is 0 Å². The third kappa shape index (κ3) is 4.80. The molecule has 0 aliphatic carbocycles. The van der Waals surface area contributed by atoms with Crippen molar-refractivity contribution in [3.8, 4) is 0 Å². The van der Waals surface area contributed by atoms with Gasteiger partial charge in [0.2, 0.25) is 5.91 Å². The van der Waals surface area contributed by atoms with Crippen LogP contribution in [0.2, 0.25) is 0 Å². The Morgan fingerprint density at radius 2 is 1.68 bits per heavy atom. The van der Waals surface area contributed by atoms with Crippen molar-refractivity contribution in [2.75, 3.05) is 11.9 Å². The molecule has 0 bridgehead atoms. The maximum atomic E-state index is 13.0. The lowest BCUT2D eigenvalue weighted by molar-refractivity contribution is -0.121. The Morgan fingerprint density at radius 3 is 2.36 bits per heavy atom. The van der Waals surface area contributed by atoms with Gasteiger partial charge in [-0.15, -0.1) is 0 Å². The molecule has 2 aromatic carbocycles. The summed E-state index contributed by atoms with van der Waals surface area (Å²) in [6, 6.07) is 9.29. The van der Waals surface area contributed by atoms with Gasteiger partial charge in [-0.05, 0) is 35.9 Å². The molecule has 0 radical (unpaired) electrons. The van der Waals surface area contributed by atoms with Gasteiger partial charge in [0.25, 0.3) is 0 Å². The summed E-state index contributed by atoms with van der Waals surface area (Å²) in [4.78, 5) is 11.6. The number of nitrogens with one attached hydrogen (secondary N) is 2. The van der Waals surface area contributed by atoms with Gasteiger partial charge in [0.05, 0.1) is 0 Å². The highest BCUT2D eigenvalue weighted by Crippen LogP contribution is 2.12. The fourth-order valence-electron chi connectivity index (χ4n) is 1.82. The molecule has 2 rings (SSSR count). The van der Waals surface area contributed by atoms with Crippen LogP contribution in [0.1, 0.15) is 12.0 Å². The Balaban J connectivity index is 1.71. The number of hydrogen-bond acceptors (Lipinski definition) is 2. The smallest absolute Gasteiger partial charge is 0.222 e. The summed E-state index contributed by atoms with van der Waals surface area (Å²) in [5.74, 6) is -2.38. The van der Waals surface area contributed by atoms with Crippen LogP contribution in [0.4, 0.5) is 18.9 Å². The van der Waals surface area contributed by atoms with E-state index in [1.165, 1.54) is 18.2 Å². The van der Waals surface area contributed by atoms with Crippen molar-refractivity contribution in [1.29, 1.82) is 0 Å². The third-order valence-corrected chi connectivity index (χ3v) is 3.00. The van der Waals surface area contributed by atoms with E-state index in [1.807, 2.05) is 0 Å². The average Bonchev–Trinajstić information content (AvgIpc) is 2.50. The number of halogens is 3. The highest BCUT2D eigenvalue weighted by atomic mass is 19.2. The normalized spacial score (nSPS) is 10.3. The van der Waals surface area contributed by atoms with Crippen LogP contribution in [-0.2, 0) is 11.3 Å². The second-order valence-corrected chi connectivity index (χ2v) is 4.71. The van der Waals surface area contributed by atoms with Crippen molar-refractivity contribution in [2.45, 2.75) is 13.0 Å². The first-order valence-corrected chi connectivity index (χ1v) is 6.74. The number of amides is 1. The maximum absolute atomic E-state index is 13.0. The molecular weight excluding hydrogens is 293 g/mol. The zero-order valence-electron chi connectivity index (χ0n) is 11.7. The zero-order valence-corrected chi connectivity index (χ0v) is 11.7. The second-order valence-electron chi connectivity index (χ2n) is 4.71. The van der Waals surface area contributed by atoms with Crippen LogP contribution < -0.4 is 10.6 Å². The molecule has 3 nitrogen and oxygen atoms in total. The third-order valence-electron chi connectivity index (χ3n) is 3.00. The first-order chi connectivity index (χ1) is 10.5. The van der Waals surface area contributed by atoms with Crippen molar-refractivity contribution in [3.63, 3.8) is 0 Å². The largest absolute Gasteiger partial charge is 0.384 e. The maximum Gasteiger partial charge on any atom is 0.222 e. The van der Waals surface area contributed by atoms with Gasteiger partial charge in [-0.2, -0.15) is 0 Å². The Bertz CT molecular complexity index is 644. The number of carbonyl (C=O) groups is 1. The lowest BCUT2D eigenvalue weighted by Crippen LogP contribution is -2.24. The molecule has 2 N–H and O–H groups in total. The Kier molecular flexibility index (Phi) is 5.41. The van der Waals surface area contributed by atoms with Gasteiger partial charge in [0.15, 0.2) is 11.6 Å². The first-order valence-electron chi connectivity index (χ1n) is 6.74. The monoisotopic (exact) mass is 308 g/mol. The van der Waals surface area contributed by atoms with E-state index in [4.69, 9.17) is 0 Å². The van der Waals surface area contributed by atoms with Crippen molar-refractivity contribution < 1.29 is 18.0 Å². The van der Waals surface area contributed by atoms with E-state index in [-0.39, 0.29) is 18.1 Å². The topological polar surface area (TPSA) is 41.1 Å². The number of carbonyl (C=O) groups excluding carboxylic acids is 1. The fourth-order valence-corrected chi connectivity index (χ4v) is 1.82. The molecule has 22 heavy (non-hydrogen) atoms. The number of hydrogen-bond donors (Lipinski definition) is 2. The summed E-state index contributed by atoms with van der Waals surface area (Å²) < 4.78 is 38.4. The zero-order chi connectivity index (χ0) is 15.9. The Morgan fingerprint density at radius 1 is 0.955 bits per heavy atom. The molecule has 0 unspecified atom stereocenters. The van der Waals surface area contributed by atoms with Gasteiger partial charge in [-0.1, -0.05) is 12.1 Å². The molecule has 0 spiro atoms. The summed E-state index contributed by atoms with van der Waals surface area (Å²) in [6.45, 7) is 0.602. The second kappa shape index (κ2) is 7.49. The number of benzene rings is 2. The van der Waals surface area contributed by atoms with Crippen LogP contribution in [0.15, 0.2) is 42.5 Å². The van der Waals surface area contributed by atoms with Crippen LogP contribution in [0, 0.1) is 17.5 Å². The van der Waals surface area contributed by atoms with Gasteiger partial charge in [0.1, 0.15) is 5.82 Å². The molecule has 0 atom stereocenters. The molecule has 0 aliphatic heterocycles. The van der Waals surface area contributed by atoms with Crippen molar-refractivity contribution in [1.82, 2.24) is 5.32 Å². The molecule has 0 heterocycles. The molecule has 0 aromatic heterocycles. The predicted molar refractivity (Wildman–Crippen MR) is 77.7 cm³/mol. The number of rotatable bonds is 6. The van der Waals surface area contributed by atoms with Crippen LogP contribution in [0.5, 0.6) is 0 Å². The minimum Gasteiger partial charge on any atom is -0.384 e. The molecular formula is C16H15F3N2O. The predicted octanol–water partition coefficient (Wildman–Crippen LogP) is 3.22. The van der Waals surface area contributed by atoms with Crippen LogP contribution in [0.25, 0.3) is 0 Å². The van der Waals surface area contributed by atoms with Gasteiger partial charge in [-0.3, -0.25) is 4.79 Å². The van der Waals surface area contributed by atoms with Crippen LogP contribution in [0.3, 0.4) is 0 Å². The Hall–Kier alpha value is -2.50. The van der Waals surface area contributed by atoms with E-state index < -0.39 is 11.6 Å². The van der Waals surface area contributed by atoms with E-state index in [0.717, 1.165) is 17.7 Å². The minimum atomic E-state index is -0.939. The molecule has 2 aromatic rings. The molecule has 116 valence electrons. The van der Waals surface area contributed by atoms with E-state index in [2.05, 4.69) is 10.6 Å². The molecule has 0 aliphatic rings. The lowest BCUT2D eigenvalue weighted by Gasteiger charge is -2.08. The van der Waals surface area contributed by atoms with E-state index in [0.29, 0.717) is 18.8 Å². The van der Waals surface area contributed by atoms with Gasteiger partial charge < -0.3 is 10.6 Å². The highest BCUT2D eigenvalue weighted by molar-refractivity contribution is 5.76. The van der Waals surface area contributed by atoms with Gasteiger partial charge in [-0.25, -0.2) is 13.2 Å². The van der Waals surface area contributed by atoms with Crippen molar-refractivity contribution in [3.05, 3.63) is 65.5 Å². The average molecular weight is 308 g/mol. The summed E-state index contributed by atoms with van der Waals surface area (Å²) in [7, 11) is 0. The highest BCUT2D eigenvalue weighted by Gasteiger charge is 2.04. The standard InChI is InChI=1S/C16H15F3N2O/c17-12-3-1-11(2-4-12)10-21-16(22)7-8-20-13-5-6-14(18)15(19)9-13/h1-6,9,20H,7-8,10H2,(H,21,22). The van der Waals surface area contributed by atoms with Gasteiger partial charge in [0, 0.05) is 25.2 Å². The SMILES string of the molecule is O=C(CCNc1ccc(F)c(F)c1)NCc1ccc(F)cc1. The minimum absolute atomic E-state index is 0.181. The molecule has 0 saturated carbocycles. The van der Waals surface area contributed by atoms with Crippen molar-refractivity contribution in [2.24, 2.45) is 0 Å². The Labute approximate surface area is 126 Å². The summed E-state index contributed by atoms with van der Waals surface area (Å²) >= 11 is 0. The van der Waals surface area contributed by atoms with Gasteiger partial charge >= 0.3 is 0 Å². The van der Waals surface area contributed by atoms with Crippen molar-refractivity contribution >= 4 is 11.6 Å². The lowest BCUT2D eigenvalue weighted by atomic mass is 10.2. The van der Waals surface area contributed by atoms with E-state index in [9.17, 15) is 18.0 Å². The van der Waals surface area contributed by atoms with Crippen LogP contribution in [-0.4, -0.2) is 12.5 Å². The van der Waals surface area contributed by atoms with E-state index in [1.54, 1.807) is 12.1 Å². The number of anilines is 1. The molecule has 0 saturated heterocycles. The molecule has 1 amide bonds.